The summed E-state index contributed by atoms with van der Waals surface area (Å²) in [6.07, 6.45) is 1.24. The topological polar surface area (TPSA) is 49.8 Å². The Kier molecular flexibility index (Phi) is 4.88. The number of rotatable bonds is 4. The molecule has 1 aliphatic heterocycles. The first-order valence-corrected chi connectivity index (χ1v) is 5.65. The Labute approximate surface area is 91.2 Å². The number of hydrogen-bond acceptors (Lipinski definition) is 2. The van der Waals surface area contributed by atoms with E-state index in [1.807, 2.05) is 0 Å². The maximum atomic E-state index is 10.8. The van der Waals surface area contributed by atoms with Gasteiger partial charge < -0.3 is 14.7 Å². The van der Waals surface area contributed by atoms with Crippen molar-refractivity contribution in [1.29, 1.82) is 0 Å². The molecule has 1 aliphatic rings. The summed E-state index contributed by atoms with van der Waals surface area (Å²) in [6, 6.07) is 0. The average molecular weight is 215 g/mol. The van der Waals surface area contributed by atoms with Gasteiger partial charge in [0, 0.05) is 25.6 Å². The average Bonchev–Trinajstić information content (AvgIpc) is 2.17. The summed E-state index contributed by atoms with van der Waals surface area (Å²) in [5.74, 6) is 0.928. The van der Waals surface area contributed by atoms with Crippen molar-refractivity contribution in [2.24, 2.45) is 11.8 Å². The zero-order chi connectivity index (χ0) is 11.3. The molecule has 0 radical (unpaired) electrons. The van der Waals surface area contributed by atoms with Crippen LogP contribution < -0.4 is 0 Å². The second-order valence-electron chi connectivity index (χ2n) is 4.67. The Morgan fingerprint density at radius 1 is 1.60 bits per heavy atom. The summed E-state index contributed by atoms with van der Waals surface area (Å²) < 4.78 is 5.54. The summed E-state index contributed by atoms with van der Waals surface area (Å²) in [5.41, 5.74) is 0. The second-order valence-corrected chi connectivity index (χ2v) is 4.67. The number of nitrogens with zero attached hydrogens (tertiary/aromatic N) is 1. The minimum Gasteiger partial charge on any atom is -0.465 e. The highest BCUT2D eigenvalue weighted by Crippen LogP contribution is 2.16. The van der Waals surface area contributed by atoms with E-state index < -0.39 is 6.09 Å². The number of likely N-dealkylation sites (tertiary alicyclic amines) is 1. The van der Waals surface area contributed by atoms with Crippen molar-refractivity contribution >= 4 is 6.09 Å². The van der Waals surface area contributed by atoms with Gasteiger partial charge in [-0.1, -0.05) is 13.8 Å². The van der Waals surface area contributed by atoms with Gasteiger partial charge in [-0.05, 0) is 18.8 Å². The quantitative estimate of drug-likeness (QED) is 0.780. The Morgan fingerprint density at radius 3 is 2.93 bits per heavy atom. The number of carbonyl (C=O) groups is 1. The molecular weight excluding hydrogens is 194 g/mol. The Balaban J connectivity index is 2.21. The van der Waals surface area contributed by atoms with E-state index in [0.717, 1.165) is 19.4 Å². The van der Waals surface area contributed by atoms with Gasteiger partial charge >= 0.3 is 6.09 Å². The maximum Gasteiger partial charge on any atom is 0.407 e. The van der Waals surface area contributed by atoms with Gasteiger partial charge in [0.2, 0.25) is 0 Å². The lowest BCUT2D eigenvalue weighted by Crippen LogP contribution is -2.40. The van der Waals surface area contributed by atoms with E-state index in [0.29, 0.717) is 31.5 Å². The zero-order valence-corrected chi connectivity index (χ0v) is 9.61. The Morgan fingerprint density at radius 2 is 2.33 bits per heavy atom. The minimum atomic E-state index is -0.802. The molecule has 1 N–H and O–H groups in total. The molecule has 4 nitrogen and oxygen atoms in total. The van der Waals surface area contributed by atoms with E-state index in [9.17, 15) is 4.79 Å². The molecule has 88 valence electrons. The van der Waals surface area contributed by atoms with Crippen LogP contribution in [0.3, 0.4) is 0 Å². The molecule has 1 heterocycles. The summed E-state index contributed by atoms with van der Waals surface area (Å²) in [6.45, 7) is 7.00. The number of ether oxygens (including phenoxy) is 1. The summed E-state index contributed by atoms with van der Waals surface area (Å²) in [4.78, 5) is 12.3. The fraction of sp³-hybridized carbons (Fsp3) is 0.909. The molecule has 0 saturated carbocycles. The third-order valence-corrected chi connectivity index (χ3v) is 2.59. The number of hydrogen-bond donors (Lipinski definition) is 1. The van der Waals surface area contributed by atoms with Gasteiger partial charge in [0.05, 0.1) is 6.61 Å². The highest BCUT2D eigenvalue weighted by atomic mass is 16.5. The van der Waals surface area contributed by atoms with Crippen LogP contribution >= 0.6 is 0 Å². The molecule has 1 saturated heterocycles. The summed E-state index contributed by atoms with van der Waals surface area (Å²) in [5, 5.41) is 8.85. The molecule has 0 aromatic heterocycles. The number of piperidine rings is 1. The van der Waals surface area contributed by atoms with Crippen molar-refractivity contribution in [3.05, 3.63) is 0 Å². The lowest BCUT2D eigenvalue weighted by molar-refractivity contribution is 0.0479. The Bertz CT molecular complexity index is 206. The van der Waals surface area contributed by atoms with Crippen LogP contribution in [0.1, 0.15) is 26.7 Å². The van der Waals surface area contributed by atoms with Gasteiger partial charge in [-0.2, -0.15) is 0 Å². The van der Waals surface area contributed by atoms with Crippen LogP contribution in [-0.4, -0.2) is 42.4 Å². The normalized spacial score (nSPS) is 22.1. The maximum absolute atomic E-state index is 10.8. The summed E-state index contributed by atoms with van der Waals surface area (Å²) in [7, 11) is 0. The first kappa shape index (κ1) is 12.3. The molecule has 0 aromatic rings. The third-order valence-electron chi connectivity index (χ3n) is 2.59. The fourth-order valence-corrected chi connectivity index (χ4v) is 1.85. The molecule has 1 rings (SSSR count). The van der Waals surface area contributed by atoms with Gasteiger partial charge in [-0.25, -0.2) is 4.79 Å². The van der Waals surface area contributed by atoms with E-state index in [1.165, 1.54) is 4.90 Å². The molecule has 0 spiro atoms. The van der Waals surface area contributed by atoms with Crippen LogP contribution in [0.25, 0.3) is 0 Å². The molecule has 0 bridgehead atoms. The molecule has 1 amide bonds. The van der Waals surface area contributed by atoms with Crippen LogP contribution in [0, 0.1) is 11.8 Å². The zero-order valence-electron chi connectivity index (χ0n) is 9.61. The van der Waals surface area contributed by atoms with Crippen molar-refractivity contribution in [2.75, 3.05) is 26.3 Å². The highest BCUT2D eigenvalue weighted by Gasteiger charge is 2.23. The molecule has 4 heteroatoms. The van der Waals surface area contributed by atoms with Crippen molar-refractivity contribution in [3.63, 3.8) is 0 Å². The van der Waals surface area contributed by atoms with Crippen molar-refractivity contribution in [3.8, 4) is 0 Å². The van der Waals surface area contributed by atoms with Crippen LogP contribution in [0.2, 0.25) is 0 Å². The smallest absolute Gasteiger partial charge is 0.407 e. The summed E-state index contributed by atoms with van der Waals surface area (Å²) >= 11 is 0. The van der Waals surface area contributed by atoms with Crippen LogP contribution in [-0.2, 0) is 4.74 Å². The largest absolute Gasteiger partial charge is 0.465 e. The second kappa shape index (κ2) is 5.95. The standard InChI is InChI=1S/C11H21NO3/c1-9(2)7-15-8-10-4-3-5-12(6-10)11(13)14/h9-10H,3-8H2,1-2H3,(H,13,14). The van der Waals surface area contributed by atoms with Crippen molar-refractivity contribution in [1.82, 2.24) is 4.90 Å². The number of amides is 1. The third kappa shape index (κ3) is 4.51. The first-order valence-electron chi connectivity index (χ1n) is 5.65. The lowest BCUT2D eigenvalue weighted by atomic mass is 9.99. The van der Waals surface area contributed by atoms with E-state index in [1.54, 1.807) is 0 Å². The van der Waals surface area contributed by atoms with Gasteiger partial charge in [-0.15, -0.1) is 0 Å². The molecule has 15 heavy (non-hydrogen) atoms. The lowest BCUT2D eigenvalue weighted by Gasteiger charge is -2.30. The highest BCUT2D eigenvalue weighted by molar-refractivity contribution is 5.65. The first-order chi connectivity index (χ1) is 7.09. The molecule has 1 atom stereocenters. The van der Waals surface area contributed by atoms with Gasteiger partial charge in [0.15, 0.2) is 0 Å². The van der Waals surface area contributed by atoms with Crippen molar-refractivity contribution < 1.29 is 14.6 Å². The van der Waals surface area contributed by atoms with E-state index in [2.05, 4.69) is 13.8 Å². The minimum absolute atomic E-state index is 0.383. The van der Waals surface area contributed by atoms with Gasteiger partial charge in [0.1, 0.15) is 0 Å². The Hall–Kier alpha value is -0.770. The van der Waals surface area contributed by atoms with Gasteiger partial charge in [0.25, 0.3) is 0 Å². The molecular formula is C11H21NO3. The van der Waals surface area contributed by atoms with E-state index >= 15 is 0 Å². The predicted molar refractivity (Wildman–Crippen MR) is 58.0 cm³/mol. The van der Waals surface area contributed by atoms with Crippen molar-refractivity contribution in [2.45, 2.75) is 26.7 Å². The SMILES string of the molecule is CC(C)COCC1CCCN(C(=O)O)C1. The molecule has 0 aliphatic carbocycles. The van der Waals surface area contributed by atoms with Crippen LogP contribution in [0.15, 0.2) is 0 Å². The van der Waals surface area contributed by atoms with Crippen LogP contribution in [0.4, 0.5) is 4.79 Å². The van der Waals surface area contributed by atoms with Crippen LogP contribution in [0.5, 0.6) is 0 Å². The number of carboxylic acid groups (broad SMARTS) is 1. The molecule has 1 fully saturated rings. The molecule has 0 aromatic carbocycles. The molecule has 1 unspecified atom stereocenters. The monoisotopic (exact) mass is 215 g/mol. The predicted octanol–water partition coefficient (Wildman–Crippen LogP) is 2.05. The van der Waals surface area contributed by atoms with E-state index in [4.69, 9.17) is 9.84 Å². The fourth-order valence-electron chi connectivity index (χ4n) is 1.85. The van der Waals surface area contributed by atoms with E-state index in [-0.39, 0.29) is 0 Å². The van der Waals surface area contributed by atoms with Gasteiger partial charge in [-0.3, -0.25) is 0 Å².